The van der Waals surface area contributed by atoms with Gasteiger partial charge in [0.1, 0.15) is 11.8 Å². The fraction of sp³-hybridized carbons (Fsp3) is 0.188. The van der Waals surface area contributed by atoms with E-state index in [1.165, 1.54) is 0 Å². The molecule has 0 spiro atoms. The van der Waals surface area contributed by atoms with Gasteiger partial charge >= 0.3 is 0 Å². The number of benzene rings is 2. The maximum Gasteiger partial charge on any atom is 0.144 e. The highest BCUT2D eigenvalue weighted by molar-refractivity contribution is 5.70. The Morgan fingerprint density at radius 3 is 2.80 bits per heavy atom. The second kappa shape index (κ2) is 6.48. The van der Waals surface area contributed by atoms with Crippen molar-refractivity contribution in [1.82, 2.24) is 0 Å². The fourth-order valence-corrected chi connectivity index (χ4v) is 1.79. The van der Waals surface area contributed by atoms with E-state index in [2.05, 4.69) is 11.4 Å². The molecule has 0 unspecified atom stereocenters. The molecule has 102 valence electrons. The number of nitriles is 1. The SMILES string of the molecule is CCCOc1cc(Nc2ccccc2C#N)ccc1N. The lowest BCUT2D eigenvalue weighted by molar-refractivity contribution is 0.319. The Kier molecular flexibility index (Phi) is 4.46. The van der Waals surface area contributed by atoms with Crippen LogP contribution in [-0.2, 0) is 0 Å². The van der Waals surface area contributed by atoms with Gasteiger partial charge in [-0.3, -0.25) is 0 Å². The smallest absolute Gasteiger partial charge is 0.144 e. The van der Waals surface area contributed by atoms with E-state index in [9.17, 15) is 0 Å². The minimum atomic E-state index is 0.598. The van der Waals surface area contributed by atoms with Crippen LogP contribution >= 0.6 is 0 Å². The van der Waals surface area contributed by atoms with Gasteiger partial charge in [0.25, 0.3) is 0 Å². The Hall–Kier alpha value is -2.67. The third-order valence-electron chi connectivity index (χ3n) is 2.80. The van der Waals surface area contributed by atoms with Crippen LogP contribution in [0, 0.1) is 11.3 Å². The predicted molar refractivity (Wildman–Crippen MR) is 81.1 cm³/mol. The van der Waals surface area contributed by atoms with E-state index in [1.807, 2.05) is 37.3 Å². The van der Waals surface area contributed by atoms with Gasteiger partial charge in [0, 0.05) is 11.8 Å². The number of nitrogens with zero attached hydrogens (tertiary/aromatic N) is 1. The summed E-state index contributed by atoms with van der Waals surface area (Å²) in [4.78, 5) is 0. The Labute approximate surface area is 118 Å². The number of hydrogen-bond acceptors (Lipinski definition) is 4. The zero-order valence-corrected chi connectivity index (χ0v) is 11.4. The normalized spacial score (nSPS) is 9.80. The second-order valence-corrected chi connectivity index (χ2v) is 4.38. The quantitative estimate of drug-likeness (QED) is 0.811. The van der Waals surface area contributed by atoms with Crippen molar-refractivity contribution in [3.8, 4) is 11.8 Å². The Balaban J connectivity index is 2.23. The molecule has 0 aliphatic heterocycles. The van der Waals surface area contributed by atoms with Crippen LogP contribution in [-0.4, -0.2) is 6.61 Å². The Bertz CT molecular complexity index is 632. The van der Waals surface area contributed by atoms with Crippen molar-refractivity contribution in [2.45, 2.75) is 13.3 Å². The lowest BCUT2D eigenvalue weighted by atomic mass is 10.2. The van der Waals surface area contributed by atoms with Crippen molar-refractivity contribution >= 4 is 17.1 Å². The summed E-state index contributed by atoms with van der Waals surface area (Å²) < 4.78 is 5.59. The van der Waals surface area contributed by atoms with Crippen LogP contribution in [0.2, 0.25) is 0 Å². The molecule has 0 radical (unpaired) electrons. The largest absolute Gasteiger partial charge is 0.491 e. The van der Waals surface area contributed by atoms with Crippen molar-refractivity contribution in [1.29, 1.82) is 5.26 Å². The minimum Gasteiger partial charge on any atom is -0.491 e. The molecule has 0 amide bonds. The molecule has 0 aliphatic rings. The fourth-order valence-electron chi connectivity index (χ4n) is 1.79. The third-order valence-corrected chi connectivity index (χ3v) is 2.80. The van der Waals surface area contributed by atoms with Gasteiger partial charge in [0.05, 0.1) is 23.5 Å². The first kappa shape index (κ1) is 13.8. The molecule has 0 atom stereocenters. The number of nitrogens with one attached hydrogen (secondary N) is 1. The molecule has 0 bridgehead atoms. The molecule has 0 saturated carbocycles. The van der Waals surface area contributed by atoms with Crippen molar-refractivity contribution in [3.63, 3.8) is 0 Å². The summed E-state index contributed by atoms with van der Waals surface area (Å²) in [5.74, 6) is 0.659. The van der Waals surface area contributed by atoms with Gasteiger partial charge in [0.2, 0.25) is 0 Å². The van der Waals surface area contributed by atoms with Crippen LogP contribution < -0.4 is 15.8 Å². The lowest BCUT2D eigenvalue weighted by Crippen LogP contribution is -2.00. The van der Waals surface area contributed by atoms with Crippen LogP contribution in [0.25, 0.3) is 0 Å². The minimum absolute atomic E-state index is 0.598. The summed E-state index contributed by atoms with van der Waals surface area (Å²) in [6, 6.07) is 15.0. The summed E-state index contributed by atoms with van der Waals surface area (Å²) in [5, 5.41) is 12.3. The van der Waals surface area contributed by atoms with E-state index >= 15 is 0 Å². The third kappa shape index (κ3) is 3.21. The summed E-state index contributed by atoms with van der Waals surface area (Å²) >= 11 is 0. The number of ether oxygens (including phenoxy) is 1. The first-order valence-electron chi connectivity index (χ1n) is 6.53. The van der Waals surface area contributed by atoms with Crippen LogP contribution in [0.15, 0.2) is 42.5 Å². The molecule has 3 N–H and O–H groups in total. The molecule has 4 nitrogen and oxygen atoms in total. The zero-order chi connectivity index (χ0) is 14.4. The van der Waals surface area contributed by atoms with Gasteiger partial charge in [-0.1, -0.05) is 19.1 Å². The molecule has 20 heavy (non-hydrogen) atoms. The number of hydrogen-bond donors (Lipinski definition) is 2. The maximum absolute atomic E-state index is 9.08. The molecular formula is C16H17N3O. The van der Waals surface area contributed by atoms with Gasteiger partial charge in [-0.2, -0.15) is 5.26 Å². The van der Waals surface area contributed by atoms with Gasteiger partial charge in [-0.05, 0) is 30.7 Å². The number of rotatable bonds is 5. The van der Waals surface area contributed by atoms with Gasteiger partial charge in [-0.25, -0.2) is 0 Å². The average Bonchev–Trinajstić information content (AvgIpc) is 2.48. The lowest BCUT2D eigenvalue weighted by Gasteiger charge is -2.12. The zero-order valence-electron chi connectivity index (χ0n) is 11.4. The van der Waals surface area contributed by atoms with Gasteiger partial charge in [0.15, 0.2) is 0 Å². The summed E-state index contributed by atoms with van der Waals surface area (Å²) in [6.07, 6.45) is 0.925. The molecule has 0 heterocycles. The van der Waals surface area contributed by atoms with E-state index in [0.29, 0.717) is 23.6 Å². The molecular weight excluding hydrogens is 250 g/mol. The predicted octanol–water partition coefficient (Wildman–Crippen LogP) is 3.67. The molecule has 0 fully saturated rings. The molecule has 4 heteroatoms. The highest BCUT2D eigenvalue weighted by atomic mass is 16.5. The first-order valence-corrected chi connectivity index (χ1v) is 6.53. The first-order chi connectivity index (χ1) is 9.74. The number of nitrogen functional groups attached to an aromatic ring is 1. The standard InChI is InChI=1S/C16H17N3O/c1-2-9-20-16-10-13(7-8-14(16)18)19-15-6-4-3-5-12(15)11-17/h3-8,10,19H,2,9,18H2,1H3. The van der Waals surface area contributed by atoms with Gasteiger partial charge in [-0.15, -0.1) is 0 Å². The topological polar surface area (TPSA) is 71.1 Å². The van der Waals surface area contributed by atoms with Crippen LogP contribution in [0.1, 0.15) is 18.9 Å². The van der Waals surface area contributed by atoms with Crippen molar-refractivity contribution in [2.24, 2.45) is 0 Å². The number of para-hydroxylation sites is 1. The van der Waals surface area contributed by atoms with E-state index in [-0.39, 0.29) is 0 Å². The van der Waals surface area contributed by atoms with E-state index < -0.39 is 0 Å². The van der Waals surface area contributed by atoms with Gasteiger partial charge < -0.3 is 15.8 Å². The molecule has 2 aromatic rings. The summed E-state index contributed by atoms with van der Waals surface area (Å²) in [6.45, 7) is 2.67. The number of nitrogens with two attached hydrogens (primary N) is 1. The van der Waals surface area contributed by atoms with Crippen LogP contribution in [0.5, 0.6) is 5.75 Å². The number of anilines is 3. The molecule has 0 aromatic heterocycles. The van der Waals surface area contributed by atoms with Crippen LogP contribution in [0.3, 0.4) is 0 Å². The van der Waals surface area contributed by atoms with Crippen molar-refractivity contribution in [3.05, 3.63) is 48.0 Å². The van der Waals surface area contributed by atoms with Crippen molar-refractivity contribution < 1.29 is 4.74 Å². The molecule has 2 aromatic carbocycles. The summed E-state index contributed by atoms with van der Waals surface area (Å²) in [7, 11) is 0. The van der Waals surface area contributed by atoms with E-state index in [0.717, 1.165) is 17.8 Å². The van der Waals surface area contributed by atoms with E-state index in [4.69, 9.17) is 15.7 Å². The molecule has 0 aliphatic carbocycles. The monoisotopic (exact) mass is 267 g/mol. The Morgan fingerprint density at radius 1 is 1.25 bits per heavy atom. The summed E-state index contributed by atoms with van der Waals surface area (Å²) in [5.41, 5.74) is 8.69. The van der Waals surface area contributed by atoms with Crippen LogP contribution in [0.4, 0.5) is 17.1 Å². The Morgan fingerprint density at radius 2 is 2.05 bits per heavy atom. The second-order valence-electron chi connectivity index (χ2n) is 4.38. The highest BCUT2D eigenvalue weighted by Crippen LogP contribution is 2.28. The van der Waals surface area contributed by atoms with E-state index in [1.54, 1.807) is 12.1 Å². The van der Waals surface area contributed by atoms with Crippen molar-refractivity contribution in [2.75, 3.05) is 17.7 Å². The maximum atomic E-state index is 9.08. The molecule has 2 rings (SSSR count). The average molecular weight is 267 g/mol. The molecule has 0 saturated heterocycles. The highest BCUT2D eigenvalue weighted by Gasteiger charge is 2.05.